The number of carbonyl (C=O) groups excluding carboxylic acids is 2. The van der Waals surface area contributed by atoms with Gasteiger partial charge in [0.15, 0.2) is 0 Å². The van der Waals surface area contributed by atoms with Crippen LogP contribution in [0, 0.1) is 0 Å². The van der Waals surface area contributed by atoms with Gasteiger partial charge >= 0.3 is 0 Å². The molecule has 2 amide bonds. The van der Waals surface area contributed by atoms with Crippen molar-refractivity contribution in [2.24, 2.45) is 0 Å². The van der Waals surface area contributed by atoms with E-state index in [1.165, 1.54) is 4.90 Å². The Morgan fingerprint density at radius 2 is 2.11 bits per heavy atom. The fourth-order valence-corrected chi connectivity index (χ4v) is 1.79. The Balaban J connectivity index is 2.58. The van der Waals surface area contributed by atoms with Crippen molar-refractivity contribution in [2.75, 3.05) is 46.9 Å². The second kappa shape index (κ2) is 7.33. The highest BCUT2D eigenvalue weighted by atomic mass is 16.5. The molecule has 1 rings (SSSR count). The van der Waals surface area contributed by atoms with Gasteiger partial charge in [0.2, 0.25) is 11.8 Å². The molecule has 1 fully saturated rings. The van der Waals surface area contributed by atoms with Crippen LogP contribution < -0.4 is 5.32 Å². The normalized spacial score (nSPS) is 19.4. The Kier molecular flexibility index (Phi) is 6.07. The highest BCUT2D eigenvalue weighted by molar-refractivity contribution is 5.87. The summed E-state index contributed by atoms with van der Waals surface area (Å²) in [5.41, 5.74) is 0. The monoisotopic (exact) mass is 257 g/mol. The van der Waals surface area contributed by atoms with Crippen LogP contribution in [0.3, 0.4) is 0 Å². The molecule has 1 unspecified atom stereocenters. The molecule has 0 aromatic heterocycles. The van der Waals surface area contributed by atoms with Gasteiger partial charge in [-0.3, -0.25) is 9.59 Å². The van der Waals surface area contributed by atoms with E-state index >= 15 is 0 Å². The van der Waals surface area contributed by atoms with Gasteiger partial charge in [0.05, 0.1) is 19.8 Å². The number of amides is 2. The highest BCUT2D eigenvalue weighted by Gasteiger charge is 2.27. The van der Waals surface area contributed by atoms with Crippen molar-refractivity contribution in [3.8, 4) is 0 Å². The van der Waals surface area contributed by atoms with Gasteiger partial charge in [0.25, 0.3) is 0 Å². The molecule has 0 aliphatic carbocycles. The molecule has 6 nitrogen and oxygen atoms in total. The molecule has 0 aromatic rings. The molecule has 6 heteroatoms. The average Bonchev–Trinajstić information content (AvgIpc) is 2.38. The third-order valence-corrected chi connectivity index (χ3v) is 2.85. The van der Waals surface area contributed by atoms with Crippen LogP contribution in [0.1, 0.15) is 13.3 Å². The number of hydrogen-bond acceptors (Lipinski definition) is 4. The zero-order valence-corrected chi connectivity index (χ0v) is 11.4. The zero-order valence-electron chi connectivity index (χ0n) is 11.4. The minimum atomic E-state index is -0.319. The first-order chi connectivity index (χ1) is 8.56. The van der Waals surface area contributed by atoms with Gasteiger partial charge in [-0.2, -0.15) is 0 Å². The zero-order chi connectivity index (χ0) is 13.5. The lowest BCUT2D eigenvalue weighted by molar-refractivity contribution is -0.142. The van der Waals surface area contributed by atoms with Crippen molar-refractivity contribution in [2.45, 2.75) is 19.4 Å². The predicted octanol–water partition coefficient (Wildman–Crippen LogP) is -0.698. The standard InChI is InChI=1S/C12H23N3O3/c1-4-6-15(8-11(16)14(2)3)12(17)10-9-18-7-5-13-10/h10,13H,4-9H2,1-3H3. The molecular formula is C12H23N3O3. The maximum atomic E-state index is 12.3. The Labute approximate surface area is 108 Å². The van der Waals surface area contributed by atoms with E-state index in [0.29, 0.717) is 26.3 Å². The molecule has 1 aliphatic rings. The second-order valence-electron chi connectivity index (χ2n) is 4.63. The lowest BCUT2D eigenvalue weighted by Gasteiger charge is -2.30. The lowest BCUT2D eigenvalue weighted by Crippen LogP contribution is -2.54. The van der Waals surface area contributed by atoms with Gasteiger partial charge in [-0.15, -0.1) is 0 Å². The molecule has 1 atom stereocenters. The molecule has 18 heavy (non-hydrogen) atoms. The molecule has 104 valence electrons. The first-order valence-electron chi connectivity index (χ1n) is 6.36. The van der Waals surface area contributed by atoms with Crippen molar-refractivity contribution in [1.82, 2.24) is 15.1 Å². The van der Waals surface area contributed by atoms with E-state index in [0.717, 1.165) is 6.42 Å². The van der Waals surface area contributed by atoms with Crippen LogP contribution in [0.15, 0.2) is 0 Å². The van der Waals surface area contributed by atoms with Crippen LogP contribution in [0.2, 0.25) is 0 Å². The maximum Gasteiger partial charge on any atom is 0.242 e. The summed E-state index contributed by atoms with van der Waals surface area (Å²) in [7, 11) is 3.39. The number of hydrogen-bond donors (Lipinski definition) is 1. The van der Waals surface area contributed by atoms with Crippen molar-refractivity contribution in [3.05, 3.63) is 0 Å². The summed E-state index contributed by atoms with van der Waals surface area (Å²) in [4.78, 5) is 27.1. The highest BCUT2D eigenvalue weighted by Crippen LogP contribution is 2.02. The van der Waals surface area contributed by atoms with Gasteiger partial charge in [-0.25, -0.2) is 0 Å². The quantitative estimate of drug-likeness (QED) is 0.707. The number of carbonyl (C=O) groups is 2. The molecule has 0 saturated carbocycles. The van der Waals surface area contributed by atoms with Crippen molar-refractivity contribution in [1.29, 1.82) is 0 Å². The van der Waals surface area contributed by atoms with Crippen molar-refractivity contribution in [3.63, 3.8) is 0 Å². The van der Waals surface area contributed by atoms with Gasteiger partial charge in [-0.1, -0.05) is 6.92 Å². The topological polar surface area (TPSA) is 61.9 Å². The number of nitrogens with one attached hydrogen (secondary N) is 1. The van der Waals surface area contributed by atoms with Crippen molar-refractivity contribution < 1.29 is 14.3 Å². The molecule has 1 heterocycles. The van der Waals surface area contributed by atoms with Gasteiger partial charge in [0.1, 0.15) is 6.04 Å². The largest absolute Gasteiger partial charge is 0.378 e. The Bertz CT molecular complexity index is 288. The van der Waals surface area contributed by atoms with E-state index in [4.69, 9.17) is 4.74 Å². The van der Waals surface area contributed by atoms with Crippen LogP contribution in [-0.2, 0) is 14.3 Å². The van der Waals surface area contributed by atoms with Crippen LogP contribution in [-0.4, -0.2) is 74.6 Å². The average molecular weight is 257 g/mol. The SMILES string of the molecule is CCCN(CC(=O)N(C)C)C(=O)C1COCCN1. The number of morpholine rings is 1. The number of ether oxygens (including phenoxy) is 1. The molecule has 0 radical (unpaired) electrons. The smallest absolute Gasteiger partial charge is 0.242 e. The number of likely N-dealkylation sites (N-methyl/N-ethyl adjacent to an activating group) is 1. The molecule has 0 aromatic carbocycles. The number of rotatable bonds is 5. The molecule has 1 N–H and O–H groups in total. The van der Waals surface area contributed by atoms with Crippen LogP contribution >= 0.6 is 0 Å². The number of nitrogens with zero attached hydrogens (tertiary/aromatic N) is 2. The summed E-state index contributed by atoms with van der Waals surface area (Å²) in [6.07, 6.45) is 0.833. The van der Waals surface area contributed by atoms with E-state index in [9.17, 15) is 9.59 Å². The summed E-state index contributed by atoms with van der Waals surface area (Å²) in [5.74, 6) is -0.111. The molecule has 1 aliphatic heterocycles. The molecule has 1 saturated heterocycles. The summed E-state index contributed by atoms with van der Waals surface area (Å²) in [6, 6.07) is -0.319. The Morgan fingerprint density at radius 3 is 2.61 bits per heavy atom. The fraction of sp³-hybridized carbons (Fsp3) is 0.833. The predicted molar refractivity (Wildman–Crippen MR) is 68.2 cm³/mol. The minimum absolute atomic E-state index is 0.0493. The lowest BCUT2D eigenvalue weighted by atomic mass is 10.2. The Morgan fingerprint density at radius 1 is 1.39 bits per heavy atom. The third kappa shape index (κ3) is 4.27. The van der Waals surface area contributed by atoms with Gasteiger partial charge in [-0.05, 0) is 6.42 Å². The first-order valence-corrected chi connectivity index (χ1v) is 6.36. The van der Waals surface area contributed by atoms with Crippen molar-refractivity contribution >= 4 is 11.8 Å². The Hall–Kier alpha value is -1.14. The minimum Gasteiger partial charge on any atom is -0.378 e. The second-order valence-corrected chi connectivity index (χ2v) is 4.63. The molecule has 0 spiro atoms. The van der Waals surface area contributed by atoms with E-state index in [1.807, 2.05) is 6.92 Å². The summed E-state index contributed by atoms with van der Waals surface area (Å²) < 4.78 is 5.28. The molecule has 0 bridgehead atoms. The summed E-state index contributed by atoms with van der Waals surface area (Å²) >= 11 is 0. The van der Waals surface area contributed by atoms with E-state index in [-0.39, 0.29) is 24.4 Å². The van der Waals surface area contributed by atoms with Crippen LogP contribution in [0.4, 0.5) is 0 Å². The maximum absolute atomic E-state index is 12.3. The fourth-order valence-electron chi connectivity index (χ4n) is 1.79. The molecular weight excluding hydrogens is 234 g/mol. The van der Waals surface area contributed by atoms with Gasteiger partial charge in [0, 0.05) is 27.2 Å². The van der Waals surface area contributed by atoms with Crippen LogP contribution in [0.25, 0.3) is 0 Å². The summed E-state index contributed by atoms with van der Waals surface area (Å²) in [6.45, 7) is 4.42. The van der Waals surface area contributed by atoms with Crippen LogP contribution in [0.5, 0.6) is 0 Å². The van der Waals surface area contributed by atoms with E-state index in [1.54, 1.807) is 19.0 Å². The third-order valence-electron chi connectivity index (χ3n) is 2.85. The van der Waals surface area contributed by atoms with E-state index in [2.05, 4.69) is 5.32 Å². The van der Waals surface area contributed by atoms with E-state index < -0.39 is 0 Å². The first kappa shape index (κ1) is 14.9. The summed E-state index contributed by atoms with van der Waals surface area (Å²) in [5, 5.41) is 3.12. The van der Waals surface area contributed by atoms with Gasteiger partial charge < -0.3 is 19.9 Å².